The van der Waals surface area contributed by atoms with E-state index in [1.807, 2.05) is 14.1 Å². The summed E-state index contributed by atoms with van der Waals surface area (Å²) in [6, 6.07) is 0. The molecule has 66 valence electrons. The number of aromatic carboxylic acids is 1. The van der Waals surface area contributed by atoms with Gasteiger partial charge in [-0.25, -0.2) is 9.78 Å². The van der Waals surface area contributed by atoms with Gasteiger partial charge in [-0.05, 0) is 15.9 Å². The molecule has 0 aliphatic carbocycles. The van der Waals surface area contributed by atoms with Gasteiger partial charge >= 0.3 is 5.97 Å². The largest absolute Gasteiger partial charge is 0.477 e. The highest BCUT2D eigenvalue weighted by Gasteiger charge is 2.15. The quantitative estimate of drug-likeness (QED) is 0.868. The van der Waals surface area contributed by atoms with Crippen molar-refractivity contribution in [3.05, 3.63) is 9.48 Å². The molecule has 0 fully saturated rings. The average molecular weight is 251 g/mol. The van der Waals surface area contributed by atoms with Crippen LogP contribution >= 0.6 is 27.3 Å². The van der Waals surface area contributed by atoms with E-state index in [0.29, 0.717) is 9.73 Å². The van der Waals surface area contributed by atoms with Crippen molar-refractivity contribution in [3.8, 4) is 0 Å². The van der Waals surface area contributed by atoms with Gasteiger partial charge in [0.05, 0.1) is 0 Å². The Hall–Kier alpha value is -0.620. The van der Waals surface area contributed by atoms with Crippen LogP contribution in [0.25, 0.3) is 0 Å². The third-order valence-corrected chi connectivity index (χ3v) is 3.20. The van der Waals surface area contributed by atoms with Gasteiger partial charge in [0.2, 0.25) is 0 Å². The van der Waals surface area contributed by atoms with Gasteiger partial charge < -0.3 is 10.0 Å². The van der Waals surface area contributed by atoms with Crippen molar-refractivity contribution in [1.82, 2.24) is 4.98 Å². The van der Waals surface area contributed by atoms with Crippen molar-refractivity contribution in [2.75, 3.05) is 19.0 Å². The maximum Gasteiger partial charge on any atom is 0.348 e. The normalized spacial score (nSPS) is 9.92. The number of aromatic nitrogens is 1. The van der Waals surface area contributed by atoms with E-state index in [2.05, 4.69) is 20.9 Å². The Morgan fingerprint density at radius 1 is 1.67 bits per heavy atom. The summed E-state index contributed by atoms with van der Waals surface area (Å²) in [5.41, 5.74) is 0. The molecule has 0 saturated carbocycles. The monoisotopic (exact) mass is 250 g/mol. The van der Waals surface area contributed by atoms with Crippen LogP contribution < -0.4 is 4.90 Å². The third kappa shape index (κ3) is 1.75. The smallest absolute Gasteiger partial charge is 0.348 e. The van der Waals surface area contributed by atoms with Gasteiger partial charge in [0.15, 0.2) is 5.13 Å². The lowest BCUT2D eigenvalue weighted by molar-refractivity contribution is 0.0701. The van der Waals surface area contributed by atoms with Crippen molar-refractivity contribution in [1.29, 1.82) is 0 Å². The fourth-order valence-electron chi connectivity index (χ4n) is 0.614. The van der Waals surface area contributed by atoms with Crippen molar-refractivity contribution in [3.63, 3.8) is 0 Å². The van der Waals surface area contributed by atoms with E-state index >= 15 is 0 Å². The topological polar surface area (TPSA) is 53.4 Å². The number of carbonyl (C=O) groups is 1. The van der Waals surface area contributed by atoms with Gasteiger partial charge in [-0.15, -0.1) is 0 Å². The fraction of sp³-hybridized carbons (Fsp3) is 0.333. The molecular weight excluding hydrogens is 244 g/mol. The molecular formula is C6H7BrN2O2S. The van der Waals surface area contributed by atoms with E-state index in [0.717, 1.165) is 11.3 Å². The maximum absolute atomic E-state index is 10.6. The summed E-state index contributed by atoms with van der Waals surface area (Å²) in [7, 11) is 3.63. The molecule has 0 amide bonds. The van der Waals surface area contributed by atoms with Gasteiger partial charge in [-0.3, -0.25) is 0 Å². The minimum atomic E-state index is -0.951. The van der Waals surface area contributed by atoms with Crippen molar-refractivity contribution >= 4 is 38.4 Å². The highest BCUT2D eigenvalue weighted by Crippen LogP contribution is 2.28. The third-order valence-electron chi connectivity index (χ3n) is 1.15. The number of carboxylic acids is 1. The minimum Gasteiger partial charge on any atom is -0.477 e. The van der Waals surface area contributed by atoms with E-state index in [9.17, 15) is 4.79 Å². The molecule has 0 atom stereocenters. The van der Waals surface area contributed by atoms with Gasteiger partial charge in [-0.2, -0.15) is 0 Å². The lowest BCUT2D eigenvalue weighted by atomic mass is 10.6. The molecule has 1 N–H and O–H groups in total. The molecule has 0 aromatic carbocycles. The van der Waals surface area contributed by atoms with Crippen LogP contribution in [0.3, 0.4) is 0 Å². The molecule has 6 heteroatoms. The summed E-state index contributed by atoms with van der Waals surface area (Å²) < 4.78 is 0.392. The molecule has 0 aliphatic rings. The Morgan fingerprint density at radius 3 is 2.50 bits per heavy atom. The van der Waals surface area contributed by atoms with Crippen molar-refractivity contribution in [2.45, 2.75) is 0 Å². The molecule has 0 aliphatic heterocycles. The molecule has 1 rings (SSSR count). The Labute approximate surface area is 82.0 Å². The molecule has 0 saturated heterocycles. The van der Waals surface area contributed by atoms with E-state index in [-0.39, 0.29) is 4.88 Å². The van der Waals surface area contributed by atoms with Crippen LogP contribution in [-0.2, 0) is 0 Å². The van der Waals surface area contributed by atoms with Gasteiger partial charge in [0.25, 0.3) is 0 Å². The molecule has 0 spiro atoms. The second-order valence-electron chi connectivity index (χ2n) is 2.32. The first-order valence-corrected chi connectivity index (χ1v) is 4.70. The molecule has 12 heavy (non-hydrogen) atoms. The molecule has 0 unspecified atom stereocenters. The van der Waals surface area contributed by atoms with Gasteiger partial charge in [0.1, 0.15) is 9.48 Å². The number of carboxylic acid groups (broad SMARTS) is 1. The predicted octanol–water partition coefficient (Wildman–Crippen LogP) is 1.67. The van der Waals surface area contributed by atoms with Crippen LogP contribution in [0.1, 0.15) is 9.67 Å². The average Bonchev–Trinajstić information content (AvgIpc) is 2.30. The molecule has 1 aromatic heterocycles. The first-order chi connectivity index (χ1) is 5.52. The maximum atomic E-state index is 10.6. The molecule has 0 radical (unpaired) electrons. The predicted molar refractivity (Wildman–Crippen MR) is 51.1 cm³/mol. The van der Waals surface area contributed by atoms with E-state index in [4.69, 9.17) is 5.11 Å². The van der Waals surface area contributed by atoms with Crippen LogP contribution in [0.5, 0.6) is 0 Å². The first kappa shape index (κ1) is 9.47. The summed E-state index contributed by atoms with van der Waals surface area (Å²) in [4.78, 5) is 16.6. The number of rotatable bonds is 2. The fourth-order valence-corrected chi connectivity index (χ4v) is 2.03. The highest BCUT2D eigenvalue weighted by molar-refractivity contribution is 9.10. The lowest BCUT2D eigenvalue weighted by Crippen LogP contribution is -2.07. The van der Waals surface area contributed by atoms with Crippen molar-refractivity contribution in [2.24, 2.45) is 0 Å². The Morgan fingerprint density at radius 2 is 2.25 bits per heavy atom. The Bertz CT molecular complexity index is 310. The van der Waals surface area contributed by atoms with E-state index < -0.39 is 5.97 Å². The zero-order valence-corrected chi connectivity index (χ0v) is 8.94. The number of thiazole rings is 1. The minimum absolute atomic E-state index is 0.235. The molecule has 1 aromatic rings. The first-order valence-electron chi connectivity index (χ1n) is 3.09. The van der Waals surface area contributed by atoms with Gasteiger partial charge in [-0.1, -0.05) is 11.3 Å². The Balaban J connectivity index is 3.09. The van der Waals surface area contributed by atoms with Crippen molar-refractivity contribution < 1.29 is 9.90 Å². The number of anilines is 1. The second-order valence-corrected chi connectivity index (χ2v) is 4.04. The highest BCUT2D eigenvalue weighted by atomic mass is 79.9. The van der Waals surface area contributed by atoms with Gasteiger partial charge in [0, 0.05) is 14.1 Å². The summed E-state index contributed by atoms with van der Waals surface area (Å²) in [6.45, 7) is 0. The van der Waals surface area contributed by atoms with E-state index in [1.54, 1.807) is 4.90 Å². The molecule has 0 bridgehead atoms. The van der Waals surface area contributed by atoms with Crippen LogP contribution in [0.2, 0.25) is 0 Å². The second kappa shape index (κ2) is 3.40. The summed E-state index contributed by atoms with van der Waals surface area (Å²) in [5.74, 6) is -0.951. The summed E-state index contributed by atoms with van der Waals surface area (Å²) in [6.07, 6.45) is 0. The SMILES string of the molecule is CN(C)c1nc(Br)c(C(=O)O)s1. The number of hydrogen-bond acceptors (Lipinski definition) is 4. The number of halogens is 1. The zero-order chi connectivity index (χ0) is 9.30. The Kier molecular flexibility index (Phi) is 2.69. The van der Waals surface area contributed by atoms with Crippen LogP contribution in [0.4, 0.5) is 5.13 Å². The summed E-state index contributed by atoms with van der Waals surface area (Å²) in [5, 5.41) is 9.36. The lowest BCUT2D eigenvalue weighted by Gasteiger charge is -2.04. The molecule has 1 heterocycles. The number of hydrogen-bond donors (Lipinski definition) is 1. The van der Waals surface area contributed by atoms with Crippen LogP contribution in [-0.4, -0.2) is 30.2 Å². The zero-order valence-electron chi connectivity index (χ0n) is 6.54. The molecule has 4 nitrogen and oxygen atoms in total. The van der Waals surface area contributed by atoms with Crippen LogP contribution in [0.15, 0.2) is 4.60 Å². The summed E-state index contributed by atoms with van der Waals surface area (Å²) >= 11 is 4.22. The van der Waals surface area contributed by atoms with E-state index in [1.165, 1.54) is 0 Å². The number of nitrogens with zero attached hydrogens (tertiary/aromatic N) is 2. The standard InChI is InChI=1S/C6H7BrN2O2S/c1-9(2)6-8-4(7)3(12-6)5(10)11/h1-2H3,(H,10,11). The van der Waals surface area contributed by atoms with Crippen LogP contribution in [0, 0.1) is 0 Å².